The van der Waals surface area contributed by atoms with E-state index in [1.807, 2.05) is 31.2 Å². The Labute approximate surface area is 105 Å². The van der Waals surface area contributed by atoms with E-state index in [2.05, 4.69) is 28.2 Å². The summed E-state index contributed by atoms with van der Waals surface area (Å²) in [6.07, 6.45) is 1.04. The van der Waals surface area contributed by atoms with Crippen LogP contribution < -0.4 is 5.32 Å². The second kappa shape index (κ2) is 4.58. The maximum Gasteiger partial charge on any atom is 0.223 e. The fraction of sp³-hybridized carbons (Fsp3) is 0.462. The Balaban J connectivity index is 1.94. The van der Waals surface area contributed by atoms with Gasteiger partial charge in [-0.25, -0.2) is 0 Å². The highest BCUT2D eigenvalue weighted by molar-refractivity contribution is 9.10. The summed E-state index contributed by atoms with van der Waals surface area (Å²) in [6, 6.07) is 8.15. The molecule has 16 heavy (non-hydrogen) atoms. The van der Waals surface area contributed by atoms with Crippen molar-refractivity contribution in [2.45, 2.75) is 26.3 Å². The van der Waals surface area contributed by atoms with E-state index in [-0.39, 0.29) is 17.9 Å². The van der Waals surface area contributed by atoms with Crippen molar-refractivity contribution in [3.8, 4) is 0 Å². The molecule has 0 aromatic heterocycles. The van der Waals surface area contributed by atoms with Crippen LogP contribution in [0.15, 0.2) is 28.7 Å². The van der Waals surface area contributed by atoms with Crippen molar-refractivity contribution in [2.24, 2.45) is 11.8 Å². The zero-order valence-corrected chi connectivity index (χ0v) is 11.1. The average molecular weight is 282 g/mol. The molecule has 3 atom stereocenters. The molecule has 1 N–H and O–H groups in total. The van der Waals surface area contributed by atoms with Crippen molar-refractivity contribution in [1.82, 2.24) is 5.32 Å². The molecule has 0 aliphatic heterocycles. The third kappa shape index (κ3) is 2.64. The number of amides is 1. The number of carbonyl (C=O) groups excluding carboxylic acids is 1. The van der Waals surface area contributed by atoms with Crippen LogP contribution in [0.1, 0.15) is 31.9 Å². The Morgan fingerprint density at radius 3 is 2.50 bits per heavy atom. The van der Waals surface area contributed by atoms with Gasteiger partial charge in [0.05, 0.1) is 6.04 Å². The smallest absolute Gasteiger partial charge is 0.223 e. The molecule has 2 nitrogen and oxygen atoms in total. The number of hydrogen-bond donors (Lipinski definition) is 1. The zero-order chi connectivity index (χ0) is 11.7. The van der Waals surface area contributed by atoms with Gasteiger partial charge in [-0.3, -0.25) is 4.79 Å². The van der Waals surface area contributed by atoms with Gasteiger partial charge in [0, 0.05) is 10.4 Å². The third-order valence-electron chi connectivity index (χ3n) is 3.18. The summed E-state index contributed by atoms with van der Waals surface area (Å²) < 4.78 is 1.06. The number of benzene rings is 1. The van der Waals surface area contributed by atoms with Crippen LogP contribution in [-0.4, -0.2) is 5.91 Å². The molecule has 86 valence electrons. The first-order valence-electron chi connectivity index (χ1n) is 5.64. The van der Waals surface area contributed by atoms with Gasteiger partial charge in [-0.15, -0.1) is 0 Å². The molecule has 1 aromatic carbocycles. The number of halogens is 1. The van der Waals surface area contributed by atoms with Crippen LogP contribution in [0.5, 0.6) is 0 Å². The van der Waals surface area contributed by atoms with Gasteiger partial charge < -0.3 is 5.32 Å². The summed E-state index contributed by atoms with van der Waals surface area (Å²) in [7, 11) is 0. The van der Waals surface area contributed by atoms with Crippen molar-refractivity contribution in [2.75, 3.05) is 0 Å². The van der Waals surface area contributed by atoms with Crippen molar-refractivity contribution >= 4 is 21.8 Å². The summed E-state index contributed by atoms with van der Waals surface area (Å²) in [5, 5.41) is 3.05. The molecule has 2 rings (SSSR count). The van der Waals surface area contributed by atoms with E-state index in [1.54, 1.807) is 0 Å². The number of rotatable bonds is 3. The molecule has 0 spiro atoms. The van der Waals surface area contributed by atoms with Gasteiger partial charge in [0.15, 0.2) is 0 Å². The van der Waals surface area contributed by atoms with Crippen LogP contribution >= 0.6 is 15.9 Å². The molecule has 0 heterocycles. The van der Waals surface area contributed by atoms with Gasteiger partial charge >= 0.3 is 0 Å². The lowest BCUT2D eigenvalue weighted by Gasteiger charge is -2.14. The fourth-order valence-electron chi connectivity index (χ4n) is 1.84. The lowest BCUT2D eigenvalue weighted by molar-refractivity contribution is -0.123. The summed E-state index contributed by atoms with van der Waals surface area (Å²) in [6.45, 7) is 4.14. The minimum Gasteiger partial charge on any atom is -0.349 e. The monoisotopic (exact) mass is 281 g/mol. The Morgan fingerprint density at radius 2 is 2.00 bits per heavy atom. The highest BCUT2D eigenvalue weighted by atomic mass is 79.9. The van der Waals surface area contributed by atoms with Gasteiger partial charge in [0.2, 0.25) is 5.91 Å². The predicted molar refractivity (Wildman–Crippen MR) is 68.0 cm³/mol. The highest BCUT2D eigenvalue weighted by Crippen LogP contribution is 2.38. The molecule has 1 aromatic rings. The Hall–Kier alpha value is -0.830. The highest BCUT2D eigenvalue weighted by Gasteiger charge is 2.39. The largest absolute Gasteiger partial charge is 0.349 e. The lowest BCUT2D eigenvalue weighted by atomic mass is 10.1. The lowest BCUT2D eigenvalue weighted by Crippen LogP contribution is -2.28. The first-order valence-corrected chi connectivity index (χ1v) is 6.43. The van der Waals surface area contributed by atoms with Crippen LogP contribution in [0.3, 0.4) is 0 Å². The predicted octanol–water partition coefficient (Wildman–Crippen LogP) is 3.28. The van der Waals surface area contributed by atoms with Crippen molar-refractivity contribution in [3.05, 3.63) is 34.3 Å². The van der Waals surface area contributed by atoms with Crippen LogP contribution in [0.2, 0.25) is 0 Å². The third-order valence-corrected chi connectivity index (χ3v) is 3.70. The second-order valence-corrected chi connectivity index (χ2v) is 5.52. The summed E-state index contributed by atoms with van der Waals surface area (Å²) in [5.74, 6) is 1.01. The molecule has 1 fully saturated rings. The van der Waals surface area contributed by atoms with Crippen LogP contribution in [0, 0.1) is 11.8 Å². The van der Waals surface area contributed by atoms with E-state index in [9.17, 15) is 4.79 Å². The molecule has 1 saturated carbocycles. The number of nitrogens with one attached hydrogen (secondary N) is 1. The molecule has 0 saturated heterocycles. The summed E-state index contributed by atoms with van der Waals surface area (Å²) in [5.41, 5.74) is 1.14. The van der Waals surface area contributed by atoms with Gasteiger partial charge in [-0.1, -0.05) is 35.0 Å². The SMILES string of the molecule is CC(NC(=O)C1CC1C)c1ccc(Br)cc1. The molecule has 1 aliphatic rings. The van der Waals surface area contributed by atoms with E-state index in [0.717, 1.165) is 16.5 Å². The van der Waals surface area contributed by atoms with E-state index < -0.39 is 0 Å². The first kappa shape index (κ1) is 11.6. The van der Waals surface area contributed by atoms with Gasteiger partial charge in [0.25, 0.3) is 0 Å². The normalized spacial score (nSPS) is 24.9. The molecule has 1 aliphatic carbocycles. The van der Waals surface area contributed by atoms with Crippen molar-refractivity contribution in [1.29, 1.82) is 0 Å². The summed E-state index contributed by atoms with van der Waals surface area (Å²) >= 11 is 3.40. The average Bonchev–Trinajstić information content (AvgIpc) is 2.96. The van der Waals surface area contributed by atoms with Gasteiger partial charge in [-0.2, -0.15) is 0 Å². The molecular weight excluding hydrogens is 266 g/mol. The molecule has 0 radical (unpaired) electrons. The Kier molecular flexibility index (Phi) is 3.33. The van der Waals surface area contributed by atoms with Gasteiger partial charge in [-0.05, 0) is 37.0 Å². The standard InChI is InChI=1S/C13H16BrNO/c1-8-7-12(8)13(16)15-9(2)10-3-5-11(14)6-4-10/h3-6,8-9,12H,7H2,1-2H3,(H,15,16). The first-order chi connectivity index (χ1) is 7.58. The Morgan fingerprint density at radius 1 is 1.44 bits per heavy atom. The topological polar surface area (TPSA) is 29.1 Å². The molecule has 0 bridgehead atoms. The number of hydrogen-bond acceptors (Lipinski definition) is 1. The maximum absolute atomic E-state index is 11.7. The molecular formula is C13H16BrNO. The quantitative estimate of drug-likeness (QED) is 0.905. The second-order valence-electron chi connectivity index (χ2n) is 4.60. The molecule has 3 heteroatoms. The van der Waals surface area contributed by atoms with Crippen LogP contribution in [0.4, 0.5) is 0 Å². The number of carbonyl (C=O) groups is 1. The maximum atomic E-state index is 11.7. The molecule has 1 amide bonds. The van der Waals surface area contributed by atoms with Crippen molar-refractivity contribution in [3.63, 3.8) is 0 Å². The fourth-order valence-corrected chi connectivity index (χ4v) is 2.11. The minimum atomic E-state index is 0.0911. The van der Waals surface area contributed by atoms with Gasteiger partial charge in [0.1, 0.15) is 0 Å². The van der Waals surface area contributed by atoms with E-state index >= 15 is 0 Å². The minimum absolute atomic E-state index is 0.0911. The van der Waals surface area contributed by atoms with E-state index in [4.69, 9.17) is 0 Å². The molecule has 3 unspecified atom stereocenters. The van der Waals surface area contributed by atoms with Crippen LogP contribution in [-0.2, 0) is 4.79 Å². The summed E-state index contributed by atoms with van der Waals surface area (Å²) in [4.78, 5) is 11.7. The van der Waals surface area contributed by atoms with E-state index in [1.165, 1.54) is 0 Å². The van der Waals surface area contributed by atoms with Crippen LogP contribution in [0.25, 0.3) is 0 Å². The Bertz CT molecular complexity index is 387. The zero-order valence-electron chi connectivity index (χ0n) is 9.53. The van der Waals surface area contributed by atoms with Crippen molar-refractivity contribution < 1.29 is 4.79 Å². The van der Waals surface area contributed by atoms with E-state index in [0.29, 0.717) is 5.92 Å².